The third kappa shape index (κ3) is 6.97. The standard InChI is InChI=1S/C73H83BN2/c1-43-23-19-21-25-48(43)64(49-26-22-20-24-44(49)2)45-31-62-65-63(32-45)76(47-28-30-51-53(34-47)69(9,10)40-67(51,5)6)61-38-57-55(71(13,14)42-73(57,17)18)36-59(61)74(65)58-35-54-56(72(15,16)41-70(54,11)12)37-60(58)75(62)46-27-29-50-52(33-46)68(7,8)39-66(50,3)4/h19-38,64H,39-42H2,1-18H3. The van der Waals surface area contributed by atoms with Crippen molar-refractivity contribution in [3.05, 3.63) is 194 Å². The third-order valence-electron chi connectivity index (χ3n) is 20.6. The van der Waals surface area contributed by atoms with Crippen LogP contribution in [0.5, 0.6) is 0 Å². The van der Waals surface area contributed by atoms with Crippen molar-refractivity contribution in [2.75, 3.05) is 9.80 Å². The van der Waals surface area contributed by atoms with Gasteiger partial charge in [-0.2, -0.15) is 0 Å². The van der Waals surface area contributed by atoms with E-state index in [4.69, 9.17) is 0 Å². The van der Waals surface area contributed by atoms with Gasteiger partial charge in [0.05, 0.1) is 0 Å². The first-order valence-corrected chi connectivity index (χ1v) is 29.0. The van der Waals surface area contributed by atoms with Crippen LogP contribution in [0.1, 0.15) is 215 Å². The maximum atomic E-state index is 2.77. The molecule has 0 fully saturated rings. The molecule has 13 rings (SSSR count). The molecule has 0 saturated heterocycles. The minimum absolute atomic E-state index is 0.00657. The van der Waals surface area contributed by atoms with Crippen LogP contribution in [-0.2, 0) is 43.3 Å². The van der Waals surface area contributed by atoms with Gasteiger partial charge in [-0.15, -0.1) is 0 Å². The van der Waals surface area contributed by atoms with Gasteiger partial charge in [-0.3, -0.25) is 0 Å². The van der Waals surface area contributed by atoms with E-state index < -0.39 is 0 Å². The number of anilines is 6. The van der Waals surface area contributed by atoms with Crippen LogP contribution in [0.2, 0.25) is 0 Å². The van der Waals surface area contributed by atoms with Gasteiger partial charge in [-0.05, 0) is 220 Å². The van der Waals surface area contributed by atoms with E-state index in [0.717, 1.165) is 25.7 Å². The molecule has 3 heteroatoms. The maximum Gasteiger partial charge on any atom is 0.252 e. The summed E-state index contributed by atoms with van der Waals surface area (Å²) in [6.07, 6.45) is 4.50. The van der Waals surface area contributed by atoms with Crippen molar-refractivity contribution in [1.82, 2.24) is 0 Å². The normalized spacial score (nSPS) is 21.2. The van der Waals surface area contributed by atoms with Gasteiger partial charge in [0.2, 0.25) is 0 Å². The predicted octanol–water partition coefficient (Wildman–Crippen LogP) is 17.4. The quantitative estimate of drug-likeness (QED) is 0.125. The molecule has 7 aromatic rings. The van der Waals surface area contributed by atoms with Crippen LogP contribution < -0.4 is 26.2 Å². The molecule has 6 aliphatic rings. The molecule has 4 aliphatic carbocycles. The SMILES string of the molecule is Cc1ccccc1C(c1cc2c3c(c1)N(c1ccc4c(c1)C(C)(C)CC4(C)C)c1cc4c(cc1B3c1cc3c(cc1N2c1ccc2c(c1)C(C)(C)CC2(C)C)C(C)(C)CC3(C)C)C(C)(C)CC4(C)C)c1ccccc1C. The molecule has 7 aromatic carbocycles. The summed E-state index contributed by atoms with van der Waals surface area (Å²) in [5.41, 5.74) is 31.1. The number of hydrogen-bond donors (Lipinski definition) is 0. The molecule has 2 aliphatic heterocycles. The topological polar surface area (TPSA) is 6.48 Å². The molecule has 2 nitrogen and oxygen atoms in total. The molecule has 0 N–H and O–H groups in total. The molecule has 0 aromatic heterocycles. The van der Waals surface area contributed by atoms with Crippen LogP contribution in [0.3, 0.4) is 0 Å². The number of nitrogens with zero attached hydrogens (tertiary/aromatic N) is 2. The van der Waals surface area contributed by atoms with E-state index in [1.165, 1.54) is 123 Å². The summed E-state index contributed by atoms with van der Waals surface area (Å²) in [5, 5.41) is 0. The summed E-state index contributed by atoms with van der Waals surface area (Å²) in [4.78, 5) is 5.53. The summed E-state index contributed by atoms with van der Waals surface area (Å²) in [6, 6.07) is 49.8. The van der Waals surface area contributed by atoms with E-state index in [2.05, 4.69) is 256 Å². The van der Waals surface area contributed by atoms with Crippen molar-refractivity contribution < 1.29 is 0 Å². The average molecular weight is 999 g/mol. The van der Waals surface area contributed by atoms with Gasteiger partial charge in [0.1, 0.15) is 0 Å². The smallest absolute Gasteiger partial charge is 0.252 e. The first kappa shape index (κ1) is 49.8. The Morgan fingerprint density at radius 3 is 1.01 bits per heavy atom. The molecule has 388 valence electrons. The largest absolute Gasteiger partial charge is 0.311 e. The zero-order valence-electron chi connectivity index (χ0n) is 49.4. The molecule has 0 atom stereocenters. The Kier molecular flexibility index (Phi) is 10.1. The van der Waals surface area contributed by atoms with Crippen LogP contribution in [0, 0.1) is 13.8 Å². The highest BCUT2D eigenvalue weighted by Crippen LogP contribution is 2.58. The van der Waals surface area contributed by atoms with Gasteiger partial charge in [0.15, 0.2) is 0 Å². The van der Waals surface area contributed by atoms with Gasteiger partial charge >= 0.3 is 0 Å². The van der Waals surface area contributed by atoms with Gasteiger partial charge < -0.3 is 9.80 Å². The second kappa shape index (κ2) is 15.5. The fourth-order valence-corrected chi connectivity index (χ4v) is 18.2. The Balaban J connectivity index is 1.21. The summed E-state index contributed by atoms with van der Waals surface area (Å²) < 4.78 is 0. The van der Waals surface area contributed by atoms with Gasteiger partial charge in [0.25, 0.3) is 6.71 Å². The van der Waals surface area contributed by atoms with Crippen molar-refractivity contribution >= 4 is 57.2 Å². The lowest BCUT2D eigenvalue weighted by Gasteiger charge is -2.46. The highest BCUT2D eigenvalue weighted by Gasteiger charge is 2.52. The summed E-state index contributed by atoms with van der Waals surface area (Å²) >= 11 is 0. The third-order valence-corrected chi connectivity index (χ3v) is 20.6. The van der Waals surface area contributed by atoms with Gasteiger partial charge in [0, 0.05) is 40.0 Å². The summed E-state index contributed by atoms with van der Waals surface area (Å²) in [7, 11) is 0. The molecule has 0 radical (unpaired) electrons. The van der Waals surface area contributed by atoms with Crippen LogP contribution in [0.4, 0.5) is 34.1 Å². The molecule has 0 unspecified atom stereocenters. The maximum absolute atomic E-state index is 2.77. The summed E-state index contributed by atoms with van der Waals surface area (Å²) in [6.45, 7) is 44.4. The van der Waals surface area contributed by atoms with Crippen molar-refractivity contribution in [2.45, 2.75) is 200 Å². The van der Waals surface area contributed by atoms with Gasteiger partial charge in [-0.1, -0.05) is 184 Å². The summed E-state index contributed by atoms with van der Waals surface area (Å²) in [5.74, 6) is -0.00657. The van der Waals surface area contributed by atoms with Crippen molar-refractivity contribution in [3.63, 3.8) is 0 Å². The van der Waals surface area contributed by atoms with Crippen LogP contribution >= 0.6 is 0 Å². The molecule has 0 bridgehead atoms. The average Bonchev–Trinajstić information content (AvgIpc) is 3.99. The highest BCUT2D eigenvalue weighted by atomic mass is 15.2. The molecule has 76 heavy (non-hydrogen) atoms. The zero-order valence-corrected chi connectivity index (χ0v) is 49.4. The highest BCUT2D eigenvalue weighted by molar-refractivity contribution is 7.00. The number of benzene rings is 7. The predicted molar refractivity (Wildman–Crippen MR) is 326 cm³/mol. The molecule has 0 amide bonds. The number of rotatable bonds is 5. The minimum Gasteiger partial charge on any atom is -0.311 e. The number of hydrogen-bond acceptors (Lipinski definition) is 2. The van der Waals surface area contributed by atoms with Crippen LogP contribution in [-0.4, -0.2) is 6.71 Å². The first-order chi connectivity index (χ1) is 35.4. The Bertz CT molecular complexity index is 3430. The lowest BCUT2D eigenvalue weighted by Crippen LogP contribution is -2.62. The van der Waals surface area contributed by atoms with E-state index in [1.54, 1.807) is 0 Å². The fraction of sp³-hybridized carbons (Fsp3) is 0.425. The van der Waals surface area contributed by atoms with Crippen molar-refractivity contribution in [2.24, 2.45) is 0 Å². The minimum atomic E-state index is -0.00657. The number of fused-ring (bicyclic) bond motifs is 8. The molecule has 0 saturated carbocycles. The van der Waals surface area contributed by atoms with E-state index >= 15 is 0 Å². The zero-order chi connectivity index (χ0) is 54.0. The second-order valence-electron chi connectivity index (χ2n) is 30.4. The van der Waals surface area contributed by atoms with Crippen LogP contribution in [0.25, 0.3) is 0 Å². The molecular formula is C73H83BN2. The Morgan fingerprint density at radius 2 is 0.658 bits per heavy atom. The lowest BCUT2D eigenvalue weighted by atomic mass is 9.33. The molecule has 2 heterocycles. The lowest BCUT2D eigenvalue weighted by molar-refractivity contribution is 0.402. The van der Waals surface area contributed by atoms with Crippen LogP contribution in [0.15, 0.2) is 121 Å². The number of aryl methyl sites for hydroxylation is 2. The van der Waals surface area contributed by atoms with E-state index in [1.807, 2.05) is 0 Å². The van der Waals surface area contributed by atoms with Crippen molar-refractivity contribution in [3.8, 4) is 0 Å². The molecular weight excluding hydrogens is 916 g/mol. The Labute approximate surface area is 457 Å². The van der Waals surface area contributed by atoms with E-state index in [0.29, 0.717) is 0 Å². The first-order valence-electron chi connectivity index (χ1n) is 29.0. The molecule has 0 spiro atoms. The second-order valence-corrected chi connectivity index (χ2v) is 30.4. The Hall–Kier alpha value is -5.80. The van der Waals surface area contributed by atoms with Crippen molar-refractivity contribution in [1.29, 1.82) is 0 Å². The monoisotopic (exact) mass is 999 g/mol. The van der Waals surface area contributed by atoms with E-state index in [-0.39, 0.29) is 56.0 Å². The van der Waals surface area contributed by atoms with E-state index in [9.17, 15) is 0 Å². The fourth-order valence-electron chi connectivity index (χ4n) is 18.2. The Morgan fingerprint density at radius 1 is 0.342 bits per heavy atom. The van der Waals surface area contributed by atoms with Gasteiger partial charge in [-0.25, -0.2) is 0 Å².